The summed E-state index contributed by atoms with van der Waals surface area (Å²) in [6.07, 6.45) is 0.902. The molecule has 10 rings (SSSR count). The fraction of sp³-hybridized carbons (Fsp3) is 0.160. The van der Waals surface area contributed by atoms with Crippen LogP contribution >= 0.6 is 0 Å². The van der Waals surface area contributed by atoms with Gasteiger partial charge >= 0.3 is 0 Å². The quantitative estimate of drug-likeness (QED) is 0.177. The Balaban J connectivity index is 1.06. The van der Waals surface area contributed by atoms with Gasteiger partial charge < -0.3 is 13.6 Å². The van der Waals surface area contributed by atoms with Crippen LogP contribution in [0.25, 0.3) is 76.9 Å². The zero-order valence-electron chi connectivity index (χ0n) is 30.9. The van der Waals surface area contributed by atoms with Crippen molar-refractivity contribution in [3.8, 4) is 11.4 Å². The highest BCUT2D eigenvalue weighted by atomic mass is 16.3. The van der Waals surface area contributed by atoms with Crippen LogP contribution in [0.4, 0.5) is 0 Å². The highest BCUT2D eigenvalue weighted by Gasteiger charge is 2.25. The van der Waals surface area contributed by atoms with Crippen LogP contribution in [0.3, 0.4) is 0 Å². The van der Waals surface area contributed by atoms with E-state index in [4.69, 9.17) is 4.42 Å². The van der Waals surface area contributed by atoms with Crippen LogP contribution in [-0.2, 0) is 17.3 Å². The van der Waals surface area contributed by atoms with E-state index in [0.29, 0.717) is 0 Å². The summed E-state index contributed by atoms with van der Waals surface area (Å²) < 4.78 is 11.2. The molecule has 10 aromatic rings. The van der Waals surface area contributed by atoms with E-state index in [1.165, 1.54) is 82.4 Å². The molecule has 0 amide bonds. The van der Waals surface area contributed by atoms with Crippen molar-refractivity contribution in [1.29, 1.82) is 0 Å². The normalized spacial score (nSPS) is 12.7. The topological polar surface area (TPSA) is 23.0 Å². The van der Waals surface area contributed by atoms with Crippen molar-refractivity contribution in [3.05, 3.63) is 168 Å². The number of nitrogens with zero attached hydrogens (tertiary/aromatic N) is 2. The number of hydrogen-bond acceptors (Lipinski definition) is 1. The molecule has 3 nitrogen and oxygen atoms in total. The molecule has 0 atom stereocenters. The lowest BCUT2D eigenvalue weighted by Crippen LogP contribution is -2.20. The first-order valence-electron chi connectivity index (χ1n) is 18.7. The number of aromatic nitrogens is 2. The highest BCUT2D eigenvalue weighted by molar-refractivity contribution is 6.12. The molecule has 3 heteroatoms. The van der Waals surface area contributed by atoms with Gasteiger partial charge in [0.1, 0.15) is 11.2 Å². The van der Waals surface area contributed by atoms with E-state index in [9.17, 15) is 0 Å². The van der Waals surface area contributed by atoms with Crippen LogP contribution in [0, 0.1) is 0 Å². The maximum Gasteiger partial charge on any atom is 0.135 e. The molecule has 0 N–H and O–H groups in total. The minimum atomic E-state index is -0.103. The van der Waals surface area contributed by atoms with Crippen molar-refractivity contribution >= 4 is 65.6 Å². The zero-order chi connectivity index (χ0) is 36.1. The Morgan fingerprint density at radius 1 is 0.415 bits per heavy atom. The second kappa shape index (κ2) is 11.5. The molecule has 53 heavy (non-hydrogen) atoms. The second-order valence-corrected chi connectivity index (χ2v) is 16.4. The van der Waals surface area contributed by atoms with E-state index >= 15 is 0 Å². The summed E-state index contributed by atoms with van der Waals surface area (Å²) in [7, 11) is 0. The predicted molar refractivity (Wildman–Crippen MR) is 224 cm³/mol. The molecule has 7 aromatic carbocycles. The molecule has 0 saturated heterocycles. The SMILES string of the molecule is CC(C)(C)c1ccc2oc3cc(CC(C)(C)c4ccc5c(c4)c4ccccc4n5-c4ccc5c(c4)c4ccccc4n5-c4ccccc4)ccc3c2c1. The number of furan rings is 1. The molecule has 0 radical (unpaired) electrons. The Morgan fingerprint density at radius 3 is 1.72 bits per heavy atom. The van der Waals surface area contributed by atoms with Crippen LogP contribution in [0.15, 0.2) is 156 Å². The Kier molecular flexibility index (Phi) is 6.85. The van der Waals surface area contributed by atoms with E-state index < -0.39 is 0 Å². The fourth-order valence-corrected chi connectivity index (χ4v) is 8.64. The summed E-state index contributed by atoms with van der Waals surface area (Å²) in [5.74, 6) is 0. The molecule has 258 valence electrons. The number of fused-ring (bicyclic) bond motifs is 9. The first-order valence-corrected chi connectivity index (χ1v) is 18.7. The van der Waals surface area contributed by atoms with Gasteiger partial charge in [-0.2, -0.15) is 0 Å². The second-order valence-electron chi connectivity index (χ2n) is 16.4. The van der Waals surface area contributed by atoms with Gasteiger partial charge in [0, 0.05) is 43.7 Å². The minimum absolute atomic E-state index is 0.0903. The smallest absolute Gasteiger partial charge is 0.135 e. The van der Waals surface area contributed by atoms with Crippen molar-refractivity contribution in [3.63, 3.8) is 0 Å². The standard InChI is InChI=1S/C50H42N2O/c1-49(2,3)33-21-26-47-42(28-33)39-23-19-32(27-48(39)53-47)31-50(4,5)34-20-24-45-40(29-34)37-15-9-12-18-44(37)52(45)36-22-25-46-41(30-36)38-16-10-11-17-43(38)51(46)35-13-7-6-8-14-35/h6-30H,31H2,1-5H3. The third-order valence-corrected chi connectivity index (χ3v) is 11.4. The minimum Gasteiger partial charge on any atom is -0.456 e. The summed E-state index contributed by atoms with van der Waals surface area (Å²) in [5.41, 5.74) is 13.0. The number of rotatable bonds is 5. The van der Waals surface area contributed by atoms with Gasteiger partial charge in [-0.25, -0.2) is 0 Å². The molecule has 0 bridgehead atoms. The first-order chi connectivity index (χ1) is 25.6. The summed E-state index contributed by atoms with van der Waals surface area (Å²) in [5, 5.41) is 7.44. The van der Waals surface area contributed by atoms with Crippen LogP contribution < -0.4 is 0 Å². The van der Waals surface area contributed by atoms with Crippen molar-refractivity contribution in [1.82, 2.24) is 9.13 Å². The maximum absolute atomic E-state index is 6.40. The monoisotopic (exact) mass is 686 g/mol. The first kappa shape index (κ1) is 31.7. The summed E-state index contributed by atoms with van der Waals surface area (Å²) in [6, 6.07) is 55.7. The number of hydrogen-bond donors (Lipinski definition) is 0. The average molecular weight is 687 g/mol. The molecule has 0 saturated carbocycles. The molecule has 0 aliphatic heterocycles. The van der Waals surface area contributed by atoms with E-state index in [0.717, 1.165) is 17.6 Å². The van der Waals surface area contributed by atoms with Gasteiger partial charge in [0.05, 0.1) is 22.1 Å². The van der Waals surface area contributed by atoms with Gasteiger partial charge in [-0.3, -0.25) is 0 Å². The predicted octanol–water partition coefficient (Wildman–Crippen LogP) is 13.6. The molecular formula is C50H42N2O. The van der Waals surface area contributed by atoms with Gasteiger partial charge in [0.15, 0.2) is 0 Å². The third kappa shape index (κ3) is 5.02. The third-order valence-electron chi connectivity index (χ3n) is 11.4. The van der Waals surface area contributed by atoms with Gasteiger partial charge in [0.25, 0.3) is 0 Å². The van der Waals surface area contributed by atoms with Gasteiger partial charge in [-0.05, 0) is 107 Å². The Bertz CT molecular complexity index is 3040. The summed E-state index contributed by atoms with van der Waals surface area (Å²) >= 11 is 0. The summed E-state index contributed by atoms with van der Waals surface area (Å²) in [6.45, 7) is 11.5. The van der Waals surface area contributed by atoms with Gasteiger partial charge in [-0.15, -0.1) is 0 Å². The summed E-state index contributed by atoms with van der Waals surface area (Å²) in [4.78, 5) is 0. The number of para-hydroxylation sites is 3. The molecule has 0 fully saturated rings. The lowest BCUT2D eigenvalue weighted by molar-refractivity contribution is 0.523. The van der Waals surface area contributed by atoms with Crippen LogP contribution in [0.1, 0.15) is 51.3 Å². The molecule has 0 aliphatic rings. The average Bonchev–Trinajstić information content (AvgIpc) is 3.81. The lowest BCUT2D eigenvalue weighted by atomic mass is 9.78. The van der Waals surface area contributed by atoms with Crippen molar-refractivity contribution < 1.29 is 4.42 Å². The van der Waals surface area contributed by atoms with E-state index in [1.54, 1.807) is 0 Å². The zero-order valence-corrected chi connectivity index (χ0v) is 30.9. The molecule has 0 spiro atoms. The Morgan fingerprint density at radius 2 is 1.00 bits per heavy atom. The van der Waals surface area contributed by atoms with E-state index in [-0.39, 0.29) is 10.8 Å². The Labute approximate surface area is 309 Å². The maximum atomic E-state index is 6.40. The van der Waals surface area contributed by atoms with Crippen LogP contribution in [-0.4, -0.2) is 9.13 Å². The van der Waals surface area contributed by atoms with Crippen molar-refractivity contribution in [2.75, 3.05) is 0 Å². The van der Waals surface area contributed by atoms with Gasteiger partial charge in [-0.1, -0.05) is 113 Å². The van der Waals surface area contributed by atoms with E-state index in [2.05, 4.69) is 195 Å². The van der Waals surface area contributed by atoms with Crippen LogP contribution in [0.2, 0.25) is 0 Å². The number of benzene rings is 7. The van der Waals surface area contributed by atoms with Crippen molar-refractivity contribution in [2.45, 2.75) is 51.9 Å². The Hall–Kier alpha value is -6.06. The van der Waals surface area contributed by atoms with Crippen molar-refractivity contribution in [2.24, 2.45) is 0 Å². The molecule has 0 unspecified atom stereocenters. The van der Waals surface area contributed by atoms with E-state index in [1.807, 2.05) is 0 Å². The lowest BCUT2D eigenvalue weighted by Gasteiger charge is -2.26. The molecular weight excluding hydrogens is 645 g/mol. The largest absolute Gasteiger partial charge is 0.456 e. The van der Waals surface area contributed by atoms with Crippen LogP contribution in [0.5, 0.6) is 0 Å². The fourth-order valence-electron chi connectivity index (χ4n) is 8.64. The molecule has 3 heterocycles. The molecule has 3 aromatic heterocycles. The molecule has 0 aliphatic carbocycles. The highest BCUT2D eigenvalue weighted by Crippen LogP contribution is 2.40. The van der Waals surface area contributed by atoms with Gasteiger partial charge in [0.2, 0.25) is 0 Å².